The lowest BCUT2D eigenvalue weighted by Crippen LogP contribution is -2.45. The fourth-order valence-electron chi connectivity index (χ4n) is 1.28. The minimum Gasteiger partial charge on any atom is -0.480 e. The molecule has 110 valence electrons. The van der Waals surface area contributed by atoms with Crippen LogP contribution >= 0.6 is 0 Å². The number of rotatable bonds is 4. The normalized spacial score (nSPS) is 12.6. The Bertz CT molecular complexity index is 505. The van der Waals surface area contributed by atoms with Crippen LogP contribution in [0.4, 0.5) is 23.7 Å². The molecule has 0 saturated carbocycles. The van der Waals surface area contributed by atoms with Gasteiger partial charge in [0.2, 0.25) is 0 Å². The SMILES string of the molecule is O=C(Nc1cccc(C(F)(F)F)c1)NC(CO)C(=O)O. The third kappa shape index (κ3) is 4.43. The monoisotopic (exact) mass is 292 g/mol. The molecule has 4 N–H and O–H groups in total. The first-order chi connectivity index (χ1) is 9.24. The van der Waals surface area contributed by atoms with Gasteiger partial charge in [-0.3, -0.25) is 0 Å². The molecule has 1 aromatic rings. The van der Waals surface area contributed by atoms with Gasteiger partial charge < -0.3 is 20.8 Å². The summed E-state index contributed by atoms with van der Waals surface area (Å²) in [6, 6.07) is 1.26. The first kappa shape index (κ1) is 15.8. The summed E-state index contributed by atoms with van der Waals surface area (Å²) in [6.07, 6.45) is -4.55. The zero-order valence-electron chi connectivity index (χ0n) is 9.94. The summed E-state index contributed by atoms with van der Waals surface area (Å²) in [6.45, 7) is -0.842. The average molecular weight is 292 g/mol. The van der Waals surface area contributed by atoms with E-state index in [1.54, 1.807) is 0 Å². The number of aliphatic hydroxyl groups is 1. The lowest BCUT2D eigenvalue weighted by Gasteiger charge is -2.13. The van der Waals surface area contributed by atoms with E-state index in [0.29, 0.717) is 6.07 Å². The van der Waals surface area contributed by atoms with Crippen molar-refractivity contribution in [2.24, 2.45) is 0 Å². The molecule has 1 atom stereocenters. The summed E-state index contributed by atoms with van der Waals surface area (Å²) in [5.41, 5.74) is -1.10. The number of anilines is 1. The molecule has 1 unspecified atom stereocenters. The summed E-state index contributed by atoms with van der Waals surface area (Å²) >= 11 is 0. The van der Waals surface area contributed by atoms with Crippen LogP contribution in [0, 0.1) is 0 Å². The first-order valence-corrected chi connectivity index (χ1v) is 5.32. The van der Waals surface area contributed by atoms with Crippen molar-refractivity contribution in [3.63, 3.8) is 0 Å². The van der Waals surface area contributed by atoms with Crippen LogP contribution in [-0.2, 0) is 11.0 Å². The molecular weight excluding hydrogens is 281 g/mol. The third-order valence-corrected chi connectivity index (χ3v) is 2.23. The number of aliphatic carboxylic acids is 1. The third-order valence-electron chi connectivity index (χ3n) is 2.23. The molecule has 0 heterocycles. The standard InChI is InChI=1S/C11H11F3N2O4/c12-11(13,14)6-2-1-3-7(4-6)15-10(20)16-8(5-17)9(18)19/h1-4,8,17H,5H2,(H,18,19)(H2,15,16,20). The number of amides is 2. The van der Waals surface area contributed by atoms with E-state index in [9.17, 15) is 22.8 Å². The topological polar surface area (TPSA) is 98.7 Å². The van der Waals surface area contributed by atoms with Crippen LogP contribution in [-0.4, -0.2) is 34.9 Å². The minimum absolute atomic E-state index is 0.153. The molecule has 0 aliphatic heterocycles. The molecule has 0 aliphatic carbocycles. The van der Waals surface area contributed by atoms with E-state index in [1.165, 1.54) is 6.07 Å². The van der Waals surface area contributed by atoms with Crippen LogP contribution in [0.15, 0.2) is 24.3 Å². The highest BCUT2D eigenvalue weighted by molar-refractivity contribution is 5.92. The van der Waals surface area contributed by atoms with Gasteiger partial charge >= 0.3 is 18.2 Å². The van der Waals surface area contributed by atoms with Crippen LogP contribution in [0.2, 0.25) is 0 Å². The Labute approximate surface area is 111 Å². The van der Waals surface area contributed by atoms with Gasteiger partial charge in [0.05, 0.1) is 12.2 Å². The number of halogens is 3. The summed E-state index contributed by atoms with van der Waals surface area (Å²) < 4.78 is 37.3. The molecule has 0 aliphatic rings. The number of nitrogens with one attached hydrogen (secondary N) is 2. The maximum absolute atomic E-state index is 12.4. The van der Waals surface area contributed by atoms with Gasteiger partial charge in [-0.05, 0) is 18.2 Å². The summed E-state index contributed by atoms with van der Waals surface area (Å²) in [4.78, 5) is 21.9. The molecule has 0 radical (unpaired) electrons. The number of benzene rings is 1. The highest BCUT2D eigenvalue weighted by Gasteiger charge is 2.30. The van der Waals surface area contributed by atoms with Gasteiger partial charge in [0.25, 0.3) is 0 Å². The van der Waals surface area contributed by atoms with Gasteiger partial charge in [-0.15, -0.1) is 0 Å². The van der Waals surface area contributed by atoms with Gasteiger partial charge in [0, 0.05) is 5.69 Å². The summed E-state index contributed by atoms with van der Waals surface area (Å²) in [7, 11) is 0. The number of carboxylic acids is 1. The number of carbonyl (C=O) groups excluding carboxylic acids is 1. The first-order valence-electron chi connectivity index (χ1n) is 5.32. The van der Waals surface area contributed by atoms with Crippen LogP contribution in [0.5, 0.6) is 0 Å². The molecule has 0 aromatic heterocycles. The molecular formula is C11H11F3N2O4. The maximum atomic E-state index is 12.4. The lowest BCUT2D eigenvalue weighted by molar-refractivity contribution is -0.140. The van der Waals surface area contributed by atoms with Crippen molar-refractivity contribution in [2.45, 2.75) is 12.2 Å². The molecule has 0 saturated heterocycles. The van der Waals surface area contributed by atoms with Crippen molar-refractivity contribution in [1.29, 1.82) is 0 Å². The molecule has 6 nitrogen and oxygen atoms in total. The molecule has 20 heavy (non-hydrogen) atoms. The molecule has 9 heteroatoms. The predicted molar refractivity (Wildman–Crippen MR) is 62.1 cm³/mol. The Morgan fingerprint density at radius 1 is 1.30 bits per heavy atom. The molecule has 1 aromatic carbocycles. The van der Waals surface area contributed by atoms with Crippen molar-refractivity contribution in [1.82, 2.24) is 5.32 Å². The van der Waals surface area contributed by atoms with E-state index in [0.717, 1.165) is 12.1 Å². The van der Waals surface area contributed by atoms with Crippen molar-refractivity contribution < 1.29 is 33.0 Å². The van der Waals surface area contributed by atoms with Gasteiger partial charge in [-0.1, -0.05) is 6.07 Å². The number of hydrogen-bond acceptors (Lipinski definition) is 3. The molecule has 1 rings (SSSR count). The number of aliphatic hydroxyl groups excluding tert-OH is 1. The summed E-state index contributed by atoms with van der Waals surface area (Å²) in [5, 5.41) is 21.2. The van der Waals surface area contributed by atoms with Gasteiger partial charge in [0.1, 0.15) is 0 Å². The molecule has 2 amide bonds. The van der Waals surface area contributed by atoms with Crippen LogP contribution < -0.4 is 10.6 Å². The Hall–Kier alpha value is -2.29. The van der Waals surface area contributed by atoms with Gasteiger partial charge in [-0.2, -0.15) is 13.2 Å². The molecule has 0 fully saturated rings. The van der Waals surface area contributed by atoms with E-state index in [2.05, 4.69) is 0 Å². The maximum Gasteiger partial charge on any atom is 0.416 e. The summed E-state index contributed by atoms with van der Waals surface area (Å²) in [5.74, 6) is -1.47. The van der Waals surface area contributed by atoms with Gasteiger partial charge in [-0.25, -0.2) is 9.59 Å². The van der Waals surface area contributed by atoms with Crippen molar-refractivity contribution in [2.75, 3.05) is 11.9 Å². The van der Waals surface area contributed by atoms with E-state index < -0.39 is 36.4 Å². The largest absolute Gasteiger partial charge is 0.480 e. The number of alkyl halides is 3. The quantitative estimate of drug-likeness (QED) is 0.671. The van der Waals surface area contributed by atoms with Gasteiger partial charge in [0.15, 0.2) is 6.04 Å². The number of hydrogen-bond donors (Lipinski definition) is 4. The lowest BCUT2D eigenvalue weighted by atomic mass is 10.2. The van der Waals surface area contributed by atoms with E-state index in [4.69, 9.17) is 10.2 Å². The van der Waals surface area contributed by atoms with E-state index in [-0.39, 0.29) is 5.69 Å². The minimum atomic E-state index is -4.55. The number of urea groups is 1. The Kier molecular flexibility index (Phi) is 4.92. The van der Waals surface area contributed by atoms with Crippen LogP contribution in [0.1, 0.15) is 5.56 Å². The zero-order chi connectivity index (χ0) is 15.3. The fraction of sp³-hybridized carbons (Fsp3) is 0.273. The Balaban J connectivity index is 2.74. The highest BCUT2D eigenvalue weighted by Crippen LogP contribution is 2.30. The van der Waals surface area contributed by atoms with E-state index >= 15 is 0 Å². The van der Waals surface area contributed by atoms with Crippen LogP contribution in [0.25, 0.3) is 0 Å². The zero-order valence-corrected chi connectivity index (χ0v) is 9.94. The van der Waals surface area contributed by atoms with Crippen molar-refractivity contribution in [3.8, 4) is 0 Å². The second-order valence-electron chi connectivity index (χ2n) is 3.75. The highest BCUT2D eigenvalue weighted by atomic mass is 19.4. The number of carbonyl (C=O) groups is 2. The van der Waals surface area contributed by atoms with Crippen molar-refractivity contribution >= 4 is 17.7 Å². The number of carboxylic acid groups (broad SMARTS) is 1. The smallest absolute Gasteiger partial charge is 0.416 e. The fourth-order valence-corrected chi connectivity index (χ4v) is 1.28. The molecule has 0 bridgehead atoms. The predicted octanol–water partition coefficient (Wildman–Crippen LogP) is 1.27. The second-order valence-corrected chi connectivity index (χ2v) is 3.75. The van der Waals surface area contributed by atoms with Crippen LogP contribution in [0.3, 0.4) is 0 Å². The Morgan fingerprint density at radius 3 is 2.45 bits per heavy atom. The molecule has 0 spiro atoms. The second kappa shape index (κ2) is 6.24. The Morgan fingerprint density at radius 2 is 1.95 bits per heavy atom. The van der Waals surface area contributed by atoms with Crippen molar-refractivity contribution in [3.05, 3.63) is 29.8 Å². The average Bonchev–Trinajstić information content (AvgIpc) is 2.34. The van der Waals surface area contributed by atoms with E-state index in [1.807, 2.05) is 10.6 Å².